The molecule has 1 fully saturated rings. The number of amides is 1. The van der Waals surface area contributed by atoms with Gasteiger partial charge in [0.1, 0.15) is 22.1 Å². The Morgan fingerprint density at radius 2 is 1.65 bits per heavy atom. The van der Waals surface area contributed by atoms with Gasteiger partial charge in [0.2, 0.25) is 15.9 Å². The topological polar surface area (TPSA) is 85.4 Å². The highest BCUT2D eigenvalue weighted by Gasteiger charge is 2.43. The molecule has 0 N–H and O–H groups in total. The van der Waals surface area contributed by atoms with Crippen molar-refractivity contribution in [3.8, 4) is 17.2 Å². The molecule has 10 heteroatoms. The maximum absolute atomic E-state index is 14.0. The number of sulfonamides is 1. The van der Waals surface area contributed by atoms with Crippen LogP contribution in [0.15, 0.2) is 77.7 Å². The number of ether oxygens (including phenoxy) is 3. The average molecular weight is 587 g/mol. The van der Waals surface area contributed by atoms with Crippen molar-refractivity contribution in [3.63, 3.8) is 0 Å². The lowest BCUT2D eigenvalue weighted by Crippen LogP contribution is -2.50. The number of hydrogen-bond acceptors (Lipinski definition) is 6. The number of halogens is 1. The SMILES string of the molecule is COc1cc(OC)c(S(=O)(=O)N2CCC[C@@](COc3ccccc3)(CC(=O)N(C)Cc3ccccc3)C2)cc1Cl. The molecule has 4 rings (SSSR count). The number of piperidine rings is 1. The summed E-state index contributed by atoms with van der Waals surface area (Å²) >= 11 is 6.31. The highest BCUT2D eigenvalue weighted by molar-refractivity contribution is 7.89. The first-order valence-corrected chi connectivity index (χ1v) is 14.9. The fourth-order valence-electron chi connectivity index (χ4n) is 5.01. The van der Waals surface area contributed by atoms with E-state index in [-0.39, 0.29) is 41.1 Å². The Balaban J connectivity index is 1.62. The molecular weight excluding hydrogens is 552 g/mol. The van der Waals surface area contributed by atoms with Gasteiger partial charge < -0.3 is 19.1 Å². The molecule has 1 heterocycles. The van der Waals surface area contributed by atoms with E-state index in [1.165, 1.54) is 30.7 Å². The van der Waals surface area contributed by atoms with Crippen molar-refractivity contribution < 1.29 is 27.4 Å². The molecule has 1 amide bonds. The molecule has 1 aliphatic rings. The highest BCUT2D eigenvalue weighted by Crippen LogP contribution is 2.41. The maximum atomic E-state index is 14.0. The number of carbonyl (C=O) groups is 1. The maximum Gasteiger partial charge on any atom is 0.246 e. The fourth-order valence-corrected chi connectivity index (χ4v) is 7.07. The monoisotopic (exact) mass is 586 g/mol. The normalized spacial score (nSPS) is 17.7. The third kappa shape index (κ3) is 6.89. The minimum absolute atomic E-state index is 0.0481. The van der Waals surface area contributed by atoms with Crippen molar-refractivity contribution in [1.82, 2.24) is 9.21 Å². The zero-order valence-corrected chi connectivity index (χ0v) is 24.6. The van der Waals surface area contributed by atoms with Gasteiger partial charge >= 0.3 is 0 Å². The van der Waals surface area contributed by atoms with E-state index in [0.717, 1.165) is 5.56 Å². The van der Waals surface area contributed by atoms with Crippen LogP contribution in [0.4, 0.5) is 0 Å². The molecule has 1 aliphatic heterocycles. The molecule has 0 saturated carbocycles. The first-order chi connectivity index (χ1) is 19.2. The van der Waals surface area contributed by atoms with E-state index >= 15 is 0 Å². The van der Waals surface area contributed by atoms with Crippen LogP contribution in [0.2, 0.25) is 5.02 Å². The van der Waals surface area contributed by atoms with E-state index in [2.05, 4.69) is 0 Å². The third-order valence-electron chi connectivity index (χ3n) is 7.19. The van der Waals surface area contributed by atoms with Gasteiger partial charge in [0.15, 0.2) is 0 Å². The molecule has 0 radical (unpaired) electrons. The molecule has 0 bridgehead atoms. The van der Waals surface area contributed by atoms with Crippen LogP contribution in [0.5, 0.6) is 17.2 Å². The first-order valence-electron chi connectivity index (χ1n) is 13.0. The number of nitrogens with zero attached hydrogens (tertiary/aromatic N) is 2. The Labute approximate surface area is 241 Å². The molecule has 1 saturated heterocycles. The molecule has 214 valence electrons. The Kier molecular flexibility index (Phi) is 9.60. The van der Waals surface area contributed by atoms with Gasteiger partial charge in [-0.3, -0.25) is 4.79 Å². The Morgan fingerprint density at radius 3 is 2.30 bits per heavy atom. The minimum atomic E-state index is -4.02. The molecule has 0 spiro atoms. The zero-order chi connectivity index (χ0) is 28.8. The summed E-state index contributed by atoms with van der Waals surface area (Å²) < 4.78 is 46.1. The largest absolute Gasteiger partial charge is 0.495 e. The van der Waals surface area contributed by atoms with E-state index in [1.807, 2.05) is 60.7 Å². The second-order valence-electron chi connectivity index (χ2n) is 10.1. The zero-order valence-electron chi connectivity index (χ0n) is 23.0. The van der Waals surface area contributed by atoms with Gasteiger partial charge in [-0.15, -0.1) is 0 Å². The van der Waals surface area contributed by atoms with Crippen LogP contribution < -0.4 is 14.2 Å². The fraction of sp³-hybridized carbons (Fsp3) is 0.367. The number of rotatable bonds is 11. The summed E-state index contributed by atoms with van der Waals surface area (Å²) in [7, 11) is 0.594. The summed E-state index contributed by atoms with van der Waals surface area (Å²) in [5, 5.41) is 0.162. The summed E-state index contributed by atoms with van der Waals surface area (Å²) in [6, 6.07) is 21.9. The predicted molar refractivity (Wildman–Crippen MR) is 154 cm³/mol. The van der Waals surface area contributed by atoms with Crippen molar-refractivity contribution in [2.24, 2.45) is 5.41 Å². The lowest BCUT2D eigenvalue weighted by atomic mass is 9.78. The van der Waals surface area contributed by atoms with E-state index < -0.39 is 15.4 Å². The van der Waals surface area contributed by atoms with Crippen LogP contribution >= 0.6 is 11.6 Å². The summed E-state index contributed by atoms with van der Waals surface area (Å²) in [5.74, 6) is 1.03. The van der Waals surface area contributed by atoms with E-state index in [0.29, 0.717) is 37.4 Å². The Hall–Kier alpha value is -3.27. The smallest absolute Gasteiger partial charge is 0.246 e. The number of carbonyl (C=O) groups excluding carboxylic acids is 1. The molecule has 3 aromatic rings. The molecule has 1 atom stereocenters. The quantitative estimate of drug-likeness (QED) is 0.305. The second-order valence-corrected chi connectivity index (χ2v) is 12.4. The standard InChI is InChI=1S/C30H35ClN2O6S/c1-32(20-23-11-6-4-7-12-23)29(34)19-30(22-39-24-13-8-5-9-14-24)15-10-16-33(21-30)40(35,36)28-17-25(31)26(37-2)18-27(28)38-3/h4-9,11-14,17-18H,10,15-16,19-22H2,1-3H3/t30-/m1/s1. The summed E-state index contributed by atoms with van der Waals surface area (Å²) in [5.41, 5.74) is 0.274. The average Bonchev–Trinajstić information content (AvgIpc) is 2.97. The van der Waals surface area contributed by atoms with Crippen LogP contribution in [0.25, 0.3) is 0 Å². The number of hydrogen-bond donors (Lipinski definition) is 0. The van der Waals surface area contributed by atoms with Gasteiger partial charge in [-0.1, -0.05) is 60.1 Å². The molecule has 40 heavy (non-hydrogen) atoms. The van der Waals surface area contributed by atoms with Crippen LogP contribution in [-0.2, 0) is 21.4 Å². The Bertz CT molecular complexity index is 1400. The number of benzene rings is 3. The molecule has 0 unspecified atom stereocenters. The molecule has 0 aromatic heterocycles. The predicted octanol–water partition coefficient (Wildman–Crippen LogP) is 5.26. The number of para-hydroxylation sites is 1. The first kappa shape index (κ1) is 29.7. The lowest BCUT2D eigenvalue weighted by molar-refractivity contribution is -0.134. The third-order valence-corrected chi connectivity index (χ3v) is 9.35. The van der Waals surface area contributed by atoms with Crippen LogP contribution in [-0.4, -0.2) is 64.5 Å². The van der Waals surface area contributed by atoms with Crippen molar-refractivity contribution in [1.29, 1.82) is 0 Å². The van der Waals surface area contributed by atoms with Crippen molar-refractivity contribution in [3.05, 3.63) is 83.4 Å². The summed E-state index contributed by atoms with van der Waals surface area (Å²) in [6.45, 7) is 1.06. The van der Waals surface area contributed by atoms with Gasteiger partial charge in [0.05, 0.1) is 25.8 Å². The van der Waals surface area contributed by atoms with Gasteiger partial charge in [-0.2, -0.15) is 4.31 Å². The van der Waals surface area contributed by atoms with Gasteiger partial charge in [-0.25, -0.2) is 8.42 Å². The van der Waals surface area contributed by atoms with Crippen LogP contribution in [0.3, 0.4) is 0 Å². The van der Waals surface area contributed by atoms with E-state index in [1.54, 1.807) is 11.9 Å². The van der Waals surface area contributed by atoms with E-state index in [4.69, 9.17) is 25.8 Å². The summed E-state index contributed by atoms with van der Waals surface area (Å²) in [4.78, 5) is 15.2. The Morgan fingerprint density at radius 1 is 1.00 bits per heavy atom. The van der Waals surface area contributed by atoms with Gasteiger partial charge in [0, 0.05) is 44.6 Å². The minimum Gasteiger partial charge on any atom is -0.495 e. The second kappa shape index (κ2) is 12.9. The molecule has 3 aromatic carbocycles. The van der Waals surface area contributed by atoms with Crippen molar-refractivity contribution in [2.75, 3.05) is 41.0 Å². The summed E-state index contributed by atoms with van der Waals surface area (Å²) in [6.07, 6.45) is 1.34. The van der Waals surface area contributed by atoms with Crippen molar-refractivity contribution in [2.45, 2.75) is 30.7 Å². The molecule has 8 nitrogen and oxygen atoms in total. The van der Waals surface area contributed by atoms with Gasteiger partial charge in [0.25, 0.3) is 0 Å². The molecular formula is C30H35ClN2O6S. The van der Waals surface area contributed by atoms with E-state index in [9.17, 15) is 13.2 Å². The number of methoxy groups -OCH3 is 2. The van der Waals surface area contributed by atoms with Crippen LogP contribution in [0.1, 0.15) is 24.8 Å². The lowest BCUT2D eigenvalue weighted by Gasteiger charge is -2.42. The highest BCUT2D eigenvalue weighted by atomic mass is 35.5. The van der Waals surface area contributed by atoms with Crippen LogP contribution in [0, 0.1) is 5.41 Å². The van der Waals surface area contributed by atoms with Crippen molar-refractivity contribution >= 4 is 27.5 Å². The molecule has 0 aliphatic carbocycles. The van der Waals surface area contributed by atoms with Gasteiger partial charge in [-0.05, 0) is 36.6 Å².